The molecule has 1 aromatic rings. The normalized spacial score (nSPS) is 17.0. The largest absolute Gasteiger partial charge is 0.399 e. The minimum Gasteiger partial charge on any atom is -0.399 e. The van der Waals surface area contributed by atoms with Crippen LogP contribution >= 0.6 is 0 Å². The highest BCUT2D eigenvalue weighted by molar-refractivity contribution is 5.94. The number of amides is 1. The molecule has 0 bridgehead atoms. The first-order valence-corrected chi connectivity index (χ1v) is 5.25. The molecule has 5 nitrogen and oxygen atoms in total. The molecular formula is C11H15N3O2. The third-order valence-corrected chi connectivity index (χ3v) is 2.44. The molecule has 1 amide bonds. The molecule has 0 aliphatic carbocycles. The highest BCUT2D eigenvalue weighted by atomic mass is 16.5. The monoisotopic (exact) mass is 221 g/mol. The van der Waals surface area contributed by atoms with Crippen LogP contribution in [0, 0.1) is 0 Å². The van der Waals surface area contributed by atoms with Crippen LogP contribution in [0.4, 0.5) is 5.69 Å². The van der Waals surface area contributed by atoms with Gasteiger partial charge in [-0.05, 0) is 24.3 Å². The summed E-state index contributed by atoms with van der Waals surface area (Å²) < 4.78 is 5.19. The number of morpholine rings is 1. The lowest BCUT2D eigenvalue weighted by Gasteiger charge is -2.26. The highest BCUT2D eigenvalue weighted by Gasteiger charge is 2.13. The van der Waals surface area contributed by atoms with E-state index in [0.29, 0.717) is 24.5 Å². The Morgan fingerprint density at radius 1 is 1.25 bits per heavy atom. The number of rotatable bonds is 2. The van der Waals surface area contributed by atoms with Crippen molar-refractivity contribution in [2.24, 2.45) is 0 Å². The number of benzene rings is 1. The van der Waals surface area contributed by atoms with E-state index in [1.54, 1.807) is 24.3 Å². The maximum Gasteiger partial charge on any atom is 0.265 e. The van der Waals surface area contributed by atoms with Crippen LogP contribution in [-0.4, -0.2) is 37.2 Å². The van der Waals surface area contributed by atoms with Crippen molar-refractivity contribution < 1.29 is 9.53 Å². The van der Waals surface area contributed by atoms with E-state index < -0.39 is 0 Å². The van der Waals surface area contributed by atoms with Gasteiger partial charge in [-0.15, -0.1) is 0 Å². The second kappa shape index (κ2) is 4.96. The van der Waals surface area contributed by atoms with Gasteiger partial charge in [-0.25, -0.2) is 5.01 Å². The molecule has 1 aromatic carbocycles. The number of ether oxygens (including phenoxy) is 1. The number of carbonyl (C=O) groups excluding carboxylic acids is 1. The summed E-state index contributed by atoms with van der Waals surface area (Å²) in [5, 5.41) is 1.86. The lowest BCUT2D eigenvalue weighted by atomic mass is 10.2. The van der Waals surface area contributed by atoms with Crippen molar-refractivity contribution in [1.29, 1.82) is 0 Å². The first kappa shape index (κ1) is 10.9. The average Bonchev–Trinajstić information content (AvgIpc) is 2.31. The van der Waals surface area contributed by atoms with E-state index >= 15 is 0 Å². The quantitative estimate of drug-likeness (QED) is 0.702. The summed E-state index contributed by atoms with van der Waals surface area (Å²) in [5.74, 6) is -0.109. The Balaban J connectivity index is 1.94. The molecule has 0 spiro atoms. The fraction of sp³-hybridized carbons (Fsp3) is 0.364. The Bertz CT molecular complexity index is 358. The topological polar surface area (TPSA) is 67.6 Å². The lowest BCUT2D eigenvalue weighted by molar-refractivity contribution is 0.0126. The van der Waals surface area contributed by atoms with Gasteiger partial charge in [0.05, 0.1) is 13.2 Å². The summed E-state index contributed by atoms with van der Waals surface area (Å²) >= 11 is 0. The molecule has 0 atom stereocenters. The number of nitrogens with one attached hydrogen (secondary N) is 1. The van der Waals surface area contributed by atoms with Crippen LogP contribution < -0.4 is 11.2 Å². The molecule has 2 rings (SSSR count). The molecule has 0 saturated carbocycles. The number of carbonyl (C=O) groups is 1. The van der Waals surface area contributed by atoms with E-state index in [9.17, 15) is 4.79 Å². The molecule has 3 N–H and O–H groups in total. The second-order valence-electron chi connectivity index (χ2n) is 3.66. The van der Waals surface area contributed by atoms with Crippen LogP contribution in [0.2, 0.25) is 0 Å². The fourth-order valence-corrected chi connectivity index (χ4v) is 1.52. The van der Waals surface area contributed by atoms with Gasteiger partial charge in [0.1, 0.15) is 0 Å². The molecule has 1 aliphatic rings. The first-order chi connectivity index (χ1) is 7.75. The molecule has 0 radical (unpaired) electrons. The van der Waals surface area contributed by atoms with Gasteiger partial charge in [0.2, 0.25) is 0 Å². The molecule has 1 heterocycles. The van der Waals surface area contributed by atoms with Gasteiger partial charge in [0.25, 0.3) is 5.91 Å². The number of anilines is 1. The predicted molar refractivity (Wildman–Crippen MR) is 60.7 cm³/mol. The van der Waals surface area contributed by atoms with Crippen LogP contribution in [0.5, 0.6) is 0 Å². The van der Waals surface area contributed by atoms with Crippen molar-refractivity contribution in [3.63, 3.8) is 0 Å². The van der Waals surface area contributed by atoms with Gasteiger partial charge in [-0.2, -0.15) is 0 Å². The van der Waals surface area contributed by atoms with Gasteiger partial charge >= 0.3 is 0 Å². The van der Waals surface area contributed by atoms with Crippen LogP contribution in [0.25, 0.3) is 0 Å². The van der Waals surface area contributed by atoms with E-state index in [2.05, 4.69) is 5.43 Å². The molecule has 0 unspecified atom stereocenters. The van der Waals surface area contributed by atoms with Gasteiger partial charge < -0.3 is 10.5 Å². The highest BCUT2D eigenvalue weighted by Crippen LogP contribution is 2.05. The van der Waals surface area contributed by atoms with Gasteiger partial charge in [-0.3, -0.25) is 10.2 Å². The van der Waals surface area contributed by atoms with E-state index in [0.717, 1.165) is 13.1 Å². The van der Waals surface area contributed by atoms with Crippen LogP contribution in [0.1, 0.15) is 10.4 Å². The average molecular weight is 221 g/mol. The number of nitrogens with zero attached hydrogens (tertiary/aromatic N) is 1. The van der Waals surface area contributed by atoms with Gasteiger partial charge in [-0.1, -0.05) is 0 Å². The summed E-state index contributed by atoms with van der Waals surface area (Å²) in [6.45, 7) is 2.76. The van der Waals surface area contributed by atoms with Crippen LogP contribution in [-0.2, 0) is 4.74 Å². The third kappa shape index (κ3) is 2.71. The molecular weight excluding hydrogens is 206 g/mol. The van der Waals surface area contributed by atoms with Crippen molar-refractivity contribution in [1.82, 2.24) is 10.4 Å². The van der Waals surface area contributed by atoms with E-state index in [1.807, 2.05) is 5.01 Å². The predicted octanol–water partition coefficient (Wildman–Crippen LogP) is 0.246. The van der Waals surface area contributed by atoms with Crippen molar-refractivity contribution in [2.75, 3.05) is 32.0 Å². The van der Waals surface area contributed by atoms with E-state index in [4.69, 9.17) is 10.5 Å². The summed E-state index contributed by atoms with van der Waals surface area (Å²) in [6, 6.07) is 6.86. The first-order valence-electron chi connectivity index (χ1n) is 5.25. The smallest absolute Gasteiger partial charge is 0.265 e. The Labute approximate surface area is 94.1 Å². The summed E-state index contributed by atoms with van der Waals surface area (Å²) in [6.07, 6.45) is 0. The maximum absolute atomic E-state index is 11.8. The molecule has 0 aromatic heterocycles. The molecule has 5 heteroatoms. The minimum absolute atomic E-state index is 0.109. The maximum atomic E-state index is 11.8. The summed E-state index contributed by atoms with van der Waals surface area (Å²) in [7, 11) is 0. The third-order valence-electron chi connectivity index (χ3n) is 2.44. The van der Waals surface area contributed by atoms with Crippen molar-refractivity contribution in [3.8, 4) is 0 Å². The van der Waals surface area contributed by atoms with Crippen molar-refractivity contribution >= 4 is 11.6 Å². The van der Waals surface area contributed by atoms with Gasteiger partial charge in [0, 0.05) is 24.3 Å². The standard InChI is InChI=1S/C11H15N3O2/c12-10-3-1-9(2-4-10)11(15)13-14-5-7-16-8-6-14/h1-4H,5-8,12H2,(H,13,15). The number of nitrogen functional groups attached to an aromatic ring is 1. The van der Waals surface area contributed by atoms with Crippen LogP contribution in [0.3, 0.4) is 0 Å². The fourth-order valence-electron chi connectivity index (χ4n) is 1.52. The molecule has 16 heavy (non-hydrogen) atoms. The van der Waals surface area contributed by atoms with E-state index in [-0.39, 0.29) is 5.91 Å². The zero-order chi connectivity index (χ0) is 11.4. The second-order valence-corrected chi connectivity index (χ2v) is 3.66. The van der Waals surface area contributed by atoms with Crippen LogP contribution in [0.15, 0.2) is 24.3 Å². The van der Waals surface area contributed by atoms with Gasteiger partial charge in [0.15, 0.2) is 0 Å². The number of hydrogen-bond acceptors (Lipinski definition) is 4. The summed E-state index contributed by atoms with van der Waals surface area (Å²) in [5.41, 5.74) is 9.65. The number of hydrazine groups is 1. The zero-order valence-electron chi connectivity index (χ0n) is 8.98. The van der Waals surface area contributed by atoms with E-state index in [1.165, 1.54) is 0 Å². The number of hydrogen-bond donors (Lipinski definition) is 2. The number of nitrogens with two attached hydrogens (primary N) is 1. The Morgan fingerprint density at radius 2 is 1.88 bits per heavy atom. The SMILES string of the molecule is Nc1ccc(C(=O)NN2CCOCC2)cc1. The molecule has 1 fully saturated rings. The van der Waals surface area contributed by atoms with Crippen molar-refractivity contribution in [3.05, 3.63) is 29.8 Å². The molecule has 86 valence electrons. The van der Waals surface area contributed by atoms with Crippen molar-refractivity contribution in [2.45, 2.75) is 0 Å². The lowest BCUT2D eigenvalue weighted by Crippen LogP contribution is -2.48. The Hall–Kier alpha value is -1.59. The minimum atomic E-state index is -0.109. The Kier molecular flexibility index (Phi) is 3.38. The molecule has 1 saturated heterocycles. The Morgan fingerprint density at radius 3 is 2.50 bits per heavy atom. The summed E-state index contributed by atoms with van der Waals surface area (Å²) in [4.78, 5) is 11.8. The zero-order valence-corrected chi connectivity index (χ0v) is 8.98. The molecule has 1 aliphatic heterocycles.